The number of β-lactam (4-membered cyclic amide) rings is 1. The number of thioether (sulfide) groups is 2. The molecular weight excluding hydrogens is 464 g/mol. The fourth-order valence-electron chi connectivity index (χ4n) is 3.62. The van der Waals surface area contributed by atoms with Crippen LogP contribution in [0, 0.1) is 0 Å². The molecule has 4 rings (SSSR count). The first-order valence-corrected chi connectivity index (χ1v) is 12.4. The van der Waals surface area contributed by atoms with Gasteiger partial charge in [-0.2, -0.15) is 0 Å². The van der Waals surface area contributed by atoms with Gasteiger partial charge >= 0.3 is 5.97 Å². The molecule has 0 bridgehead atoms. The number of carbonyl (C=O) groups is 3. The van der Waals surface area contributed by atoms with Crippen LogP contribution in [0.2, 0.25) is 0 Å². The number of aliphatic carboxylic acids is 1. The van der Waals surface area contributed by atoms with E-state index in [2.05, 4.69) is 20.5 Å². The number of carbonyl (C=O) groups excluding carboxylic acids is 2. The molecule has 2 aliphatic rings. The van der Waals surface area contributed by atoms with Crippen molar-refractivity contribution in [3.8, 4) is 0 Å². The molecule has 1 aromatic heterocycles. The van der Waals surface area contributed by atoms with Crippen LogP contribution in [0.3, 0.4) is 0 Å². The number of rotatable bonds is 8. The molecule has 0 aliphatic carbocycles. The molecule has 0 spiro atoms. The van der Waals surface area contributed by atoms with Crippen molar-refractivity contribution >= 4 is 47.0 Å². The monoisotopic (exact) mass is 488 g/mol. The molecule has 10 nitrogen and oxygen atoms in total. The highest BCUT2D eigenvalue weighted by Gasteiger charge is 2.54. The smallest absolute Gasteiger partial charge is 0.352 e. The molecule has 1 aromatic carbocycles. The number of nitrogens with one attached hydrogen (secondary N) is 2. The quantitative estimate of drug-likeness (QED) is 0.246. The van der Waals surface area contributed by atoms with E-state index in [1.54, 1.807) is 24.3 Å². The Morgan fingerprint density at radius 3 is 2.82 bits per heavy atom. The van der Waals surface area contributed by atoms with Crippen LogP contribution in [0.4, 0.5) is 5.69 Å². The number of nitrogens with zero attached hydrogens (tertiary/aromatic N) is 3. The van der Waals surface area contributed by atoms with E-state index < -0.39 is 23.3 Å². The molecule has 3 heterocycles. The van der Waals surface area contributed by atoms with Crippen LogP contribution < -0.4 is 11.1 Å². The molecule has 1 unspecified atom stereocenters. The number of benzene rings is 1. The number of nitrogens with two attached hydrogens (primary N) is 1. The van der Waals surface area contributed by atoms with Crippen molar-refractivity contribution in [2.75, 3.05) is 17.2 Å². The first kappa shape index (κ1) is 23.2. The molecular formula is C21H24N6O4S2. The van der Waals surface area contributed by atoms with E-state index in [9.17, 15) is 19.5 Å². The van der Waals surface area contributed by atoms with E-state index in [-0.39, 0.29) is 23.9 Å². The van der Waals surface area contributed by atoms with Crippen molar-refractivity contribution in [3.05, 3.63) is 46.9 Å². The third-order valence-electron chi connectivity index (χ3n) is 5.38. The van der Waals surface area contributed by atoms with E-state index in [4.69, 9.17) is 5.73 Å². The topological polar surface area (TPSA) is 154 Å². The number of carboxylic acid groups (broad SMARTS) is 1. The number of aromatic nitrogens is 3. The van der Waals surface area contributed by atoms with Crippen molar-refractivity contribution in [1.82, 2.24) is 25.4 Å². The number of amides is 2. The van der Waals surface area contributed by atoms with Gasteiger partial charge in [-0.15, -0.1) is 16.9 Å². The van der Waals surface area contributed by atoms with E-state index in [0.29, 0.717) is 33.5 Å². The van der Waals surface area contributed by atoms with Gasteiger partial charge in [0.1, 0.15) is 22.9 Å². The minimum atomic E-state index is -1.16. The Labute approximate surface area is 198 Å². The molecule has 33 heavy (non-hydrogen) atoms. The van der Waals surface area contributed by atoms with E-state index >= 15 is 0 Å². The third kappa shape index (κ3) is 4.71. The summed E-state index contributed by atoms with van der Waals surface area (Å²) in [5, 5.41) is 19.6. The van der Waals surface area contributed by atoms with Crippen molar-refractivity contribution in [2.24, 2.45) is 0 Å². The molecule has 1 fully saturated rings. The SMILES string of the molecule is CC(C)c1nc(SCC2=C(C(=O)O)N3C(=O)C(NC(=O)Cc4ccccc4N)[C@@H]3SC2)n[nH]1. The second kappa shape index (κ2) is 9.48. The summed E-state index contributed by atoms with van der Waals surface area (Å²) in [4.78, 5) is 43.0. The summed E-state index contributed by atoms with van der Waals surface area (Å²) in [5.41, 5.74) is 7.67. The predicted molar refractivity (Wildman–Crippen MR) is 125 cm³/mol. The van der Waals surface area contributed by atoms with Gasteiger partial charge in [-0.05, 0) is 17.2 Å². The highest BCUT2D eigenvalue weighted by atomic mass is 32.2. The summed E-state index contributed by atoms with van der Waals surface area (Å²) < 4.78 is 0. The van der Waals surface area contributed by atoms with Gasteiger partial charge in [-0.1, -0.05) is 43.8 Å². The zero-order valence-corrected chi connectivity index (χ0v) is 19.7. The number of hydrogen-bond donors (Lipinski definition) is 4. The Morgan fingerprint density at radius 1 is 1.39 bits per heavy atom. The fourth-order valence-corrected chi connectivity index (χ4v) is 5.91. The number of hydrogen-bond acceptors (Lipinski definition) is 8. The van der Waals surface area contributed by atoms with Crippen molar-refractivity contribution in [2.45, 2.75) is 42.8 Å². The minimum Gasteiger partial charge on any atom is -0.477 e. The maximum absolute atomic E-state index is 12.8. The van der Waals surface area contributed by atoms with Crippen LogP contribution in [0.1, 0.15) is 31.2 Å². The summed E-state index contributed by atoms with van der Waals surface area (Å²) in [6.07, 6.45) is 0.0480. The summed E-state index contributed by atoms with van der Waals surface area (Å²) in [7, 11) is 0. The zero-order valence-electron chi connectivity index (χ0n) is 18.1. The van der Waals surface area contributed by atoms with Gasteiger partial charge in [0.05, 0.1) is 6.42 Å². The maximum atomic E-state index is 12.8. The van der Waals surface area contributed by atoms with Crippen LogP contribution in [0.25, 0.3) is 0 Å². The number of H-pyrrole nitrogens is 1. The lowest BCUT2D eigenvalue weighted by Gasteiger charge is -2.49. The average molecular weight is 489 g/mol. The number of para-hydroxylation sites is 1. The predicted octanol–water partition coefficient (Wildman–Crippen LogP) is 1.58. The lowest BCUT2D eigenvalue weighted by molar-refractivity contribution is -0.150. The van der Waals surface area contributed by atoms with Crippen LogP contribution in [-0.2, 0) is 20.8 Å². The number of aromatic amines is 1. The second-order valence-electron chi connectivity index (χ2n) is 8.03. The standard InChI is InChI=1S/C21H24N6O4S2/c1-10(2)17-24-21(26-25-17)33-9-12-8-32-19-15(18(29)27(19)16(12)20(30)31)23-14(28)7-11-5-3-4-6-13(11)22/h3-6,10,15,19H,7-9,22H2,1-2H3,(H,23,28)(H,30,31)(H,24,25,26)/t15?,19-/m0/s1. The van der Waals surface area contributed by atoms with Crippen molar-refractivity contribution in [1.29, 1.82) is 0 Å². The number of nitrogen functional groups attached to an aromatic ring is 1. The van der Waals surface area contributed by atoms with Gasteiger partial charge in [-0.3, -0.25) is 19.6 Å². The van der Waals surface area contributed by atoms with E-state index in [1.807, 2.05) is 13.8 Å². The van der Waals surface area contributed by atoms with Crippen LogP contribution >= 0.6 is 23.5 Å². The molecule has 0 radical (unpaired) electrons. The summed E-state index contributed by atoms with van der Waals surface area (Å²) in [6, 6.07) is 6.27. The zero-order chi connectivity index (χ0) is 23.7. The number of anilines is 1. The van der Waals surface area contributed by atoms with Gasteiger partial charge in [0.2, 0.25) is 11.1 Å². The average Bonchev–Trinajstić information content (AvgIpc) is 3.26. The first-order chi connectivity index (χ1) is 15.8. The Hall–Kier alpha value is -2.99. The Balaban J connectivity index is 1.42. The van der Waals surface area contributed by atoms with Gasteiger partial charge in [0.15, 0.2) is 0 Å². The molecule has 0 saturated carbocycles. The van der Waals surface area contributed by atoms with Crippen molar-refractivity contribution in [3.63, 3.8) is 0 Å². The van der Waals surface area contributed by atoms with E-state index in [1.165, 1.54) is 28.4 Å². The number of carboxylic acids is 1. The number of fused-ring (bicyclic) bond motifs is 1. The Kier molecular flexibility index (Phi) is 6.66. The normalized spacial score (nSPS) is 20.0. The third-order valence-corrected chi connectivity index (χ3v) is 7.65. The van der Waals surface area contributed by atoms with Gasteiger partial charge in [-0.25, -0.2) is 9.78 Å². The maximum Gasteiger partial charge on any atom is 0.352 e. The largest absolute Gasteiger partial charge is 0.477 e. The van der Waals surface area contributed by atoms with Crippen LogP contribution in [-0.4, -0.2) is 65.9 Å². The van der Waals surface area contributed by atoms with E-state index in [0.717, 1.165) is 5.82 Å². The first-order valence-electron chi connectivity index (χ1n) is 10.3. The molecule has 2 aliphatic heterocycles. The molecule has 2 atom stereocenters. The Morgan fingerprint density at radius 2 is 2.15 bits per heavy atom. The van der Waals surface area contributed by atoms with Crippen LogP contribution in [0.15, 0.2) is 40.7 Å². The highest BCUT2D eigenvalue weighted by molar-refractivity contribution is 8.01. The summed E-state index contributed by atoms with van der Waals surface area (Å²) in [6.45, 7) is 3.99. The molecule has 1 saturated heterocycles. The van der Waals surface area contributed by atoms with Gasteiger partial charge in [0.25, 0.3) is 5.91 Å². The highest BCUT2D eigenvalue weighted by Crippen LogP contribution is 2.41. The molecule has 174 valence electrons. The molecule has 5 N–H and O–H groups in total. The lowest BCUT2D eigenvalue weighted by Crippen LogP contribution is -2.70. The lowest BCUT2D eigenvalue weighted by atomic mass is 10.0. The van der Waals surface area contributed by atoms with Gasteiger partial charge < -0.3 is 16.2 Å². The van der Waals surface area contributed by atoms with Gasteiger partial charge in [0, 0.05) is 23.1 Å². The summed E-state index contributed by atoms with van der Waals surface area (Å²) >= 11 is 2.75. The second-order valence-corrected chi connectivity index (χ2v) is 10.1. The minimum absolute atomic E-state index is 0.0197. The van der Waals surface area contributed by atoms with Crippen LogP contribution in [0.5, 0.6) is 0 Å². The van der Waals surface area contributed by atoms with Crippen molar-refractivity contribution < 1.29 is 19.5 Å². The Bertz CT molecular complexity index is 1130. The molecule has 2 amide bonds. The molecule has 2 aromatic rings. The summed E-state index contributed by atoms with van der Waals surface area (Å²) in [5.74, 6) is -0.176. The fraction of sp³-hybridized carbons (Fsp3) is 0.381. The molecule has 12 heteroatoms.